The normalized spacial score (nSPS) is 12.2. The highest BCUT2D eigenvalue weighted by atomic mass is 16.5. The second kappa shape index (κ2) is 7.90. The van der Waals surface area contributed by atoms with Crippen molar-refractivity contribution in [3.8, 4) is 5.75 Å². The molecule has 152 valence electrons. The summed E-state index contributed by atoms with van der Waals surface area (Å²) in [5.41, 5.74) is 0.243. The largest absolute Gasteiger partial charge is 0.491 e. The minimum atomic E-state index is -0.497. The maximum Gasteiger partial charge on any atom is 0.332 e. The van der Waals surface area contributed by atoms with Gasteiger partial charge in [0.1, 0.15) is 17.1 Å². The predicted molar refractivity (Wildman–Crippen MR) is 110 cm³/mol. The molecule has 1 amide bonds. The van der Waals surface area contributed by atoms with E-state index in [-0.39, 0.29) is 28.9 Å². The standard InChI is InChI=1S/C21H24N4O4/c1-12(2)29-15-8-6-7-14(11-15)13(3)22-19(26)17-10-9-16-18(23-17)24(4)21(28)25(5)20(16)27/h6-13H,1-5H3,(H,22,26)/t13-/m0/s1. The van der Waals surface area contributed by atoms with Gasteiger partial charge in [-0.25, -0.2) is 9.78 Å². The van der Waals surface area contributed by atoms with Gasteiger partial charge in [0.2, 0.25) is 0 Å². The van der Waals surface area contributed by atoms with Crippen LogP contribution in [0.5, 0.6) is 5.75 Å². The van der Waals surface area contributed by atoms with E-state index in [2.05, 4.69) is 10.3 Å². The Labute approximate surface area is 167 Å². The van der Waals surface area contributed by atoms with Gasteiger partial charge in [0.25, 0.3) is 11.5 Å². The number of amides is 1. The number of fused-ring (bicyclic) bond motifs is 1. The summed E-state index contributed by atoms with van der Waals surface area (Å²) < 4.78 is 7.96. The van der Waals surface area contributed by atoms with Gasteiger partial charge in [0.05, 0.1) is 17.5 Å². The Bertz CT molecular complexity index is 1190. The second-order valence-corrected chi connectivity index (χ2v) is 7.21. The molecule has 1 atom stereocenters. The minimum absolute atomic E-state index is 0.0521. The number of aromatic nitrogens is 3. The molecule has 0 saturated carbocycles. The van der Waals surface area contributed by atoms with E-state index in [9.17, 15) is 14.4 Å². The molecule has 29 heavy (non-hydrogen) atoms. The molecule has 1 N–H and O–H groups in total. The molecule has 0 aliphatic heterocycles. The fourth-order valence-electron chi connectivity index (χ4n) is 3.06. The first-order valence-corrected chi connectivity index (χ1v) is 9.33. The molecular weight excluding hydrogens is 372 g/mol. The first kappa shape index (κ1) is 20.3. The lowest BCUT2D eigenvalue weighted by Gasteiger charge is -2.16. The number of nitrogens with one attached hydrogen (secondary N) is 1. The Morgan fingerprint density at radius 1 is 1.07 bits per heavy atom. The van der Waals surface area contributed by atoms with Crippen molar-refractivity contribution in [1.82, 2.24) is 19.4 Å². The summed E-state index contributed by atoms with van der Waals surface area (Å²) in [6, 6.07) is 10.2. The van der Waals surface area contributed by atoms with E-state index in [1.807, 2.05) is 45.0 Å². The fourth-order valence-corrected chi connectivity index (χ4v) is 3.06. The molecule has 0 aliphatic rings. The van der Waals surface area contributed by atoms with E-state index in [0.29, 0.717) is 0 Å². The molecule has 0 aliphatic carbocycles. The lowest BCUT2D eigenvalue weighted by Crippen LogP contribution is -2.37. The summed E-state index contributed by atoms with van der Waals surface area (Å²) in [6.45, 7) is 5.76. The van der Waals surface area contributed by atoms with Crippen molar-refractivity contribution >= 4 is 16.9 Å². The molecule has 0 spiro atoms. The van der Waals surface area contributed by atoms with Crippen LogP contribution in [0.25, 0.3) is 11.0 Å². The Morgan fingerprint density at radius 2 is 1.79 bits per heavy atom. The van der Waals surface area contributed by atoms with Crippen molar-refractivity contribution in [2.24, 2.45) is 14.1 Å². The number of carbonyl (C=O) groups excluding carboxylic acids is 1. The van der Waals surface area contributed by atoms with E-state index in [0.717, 1.165) is 15.9 Å². The van der Waals surface area contributed by atoms with Crippen molar-refractivity contribution in [3.63, 3.8) is 0 Å². The van der Waals surface area contributed by atoms with Gasteiger partial charge < -0.3 is 10.1 Å². The van der Waals surface area contributed by atoms with Crippen LogP contribution >= 0.6 is 0 Å². The highest BCUT2D eigenvalue weighted by Crippen LogP contribution is 2.20. The predicted octanol–water partition coefficient (Wildman–Crippen LogP) is 1.91. The molecule has 0 radical (unpaired) electrons. The maximum absolute atomic E-state index is 12.7. The van der Waals surface area contributed by atoms with Crippen LogP contribution in [0.4, 0.5) is 0 Å². The van der Waals surface area contributed by atoms with Crippen LogP contribution in [-0.4, -0.2) is 26.1 Å². The quantitative estimate of drug-likeness (QED) is 0.711. The number of pyridine rings is 1. The highest BCUT2D eigenvalue weighted by molar-refractivity contribution is 5.94. The molecule has 2 heterocycles. The summed E-state index contributed by atoms with van der Waals surface area (Å²) >= 11 is 0. The topological polar surface area (TPSA) is 95.2 Å². The van der Waals surface area contributed by atoms with Crippen LogP contribution in [0.3, 0.4) is 0 Å². The third-order valence-electron chi connectivity index (χ3n) is 4.61. The number of nitrogens with zero attached hydrogens (tertiary/aromatic N) is 3. The monoisotopic (exact) mass is 396 g/mol. The summed E-state index contributed by atoms with van der Waals surface area (Å²) in [4.78, 5) is 41.3. The van der Waals surface area contributed by atoms with Crippen molar-refractivity contribution in [1.29, 1.82) is 0 Å². The first-order valence-electron chi connectivity index (χ1n) is 9.33. The van der Waals surface area contributed by atoms with Crippen LogP contribution in [0.2, 0.25) is 0 Å². The van der Waals surface area contributed by atoms with E-state index in [1.54, 1.807) is 0 Å². The van der Waals surface area contributed by atoms with Gasteiger partial charge in [-0.3, -0.25) is 18.7 Å². The lowest BCUT2D eigenvalue weighted by atomic mass is 10.1. The average molecular weight is 396 g/mol. The lowest BCUT2D eigenvalue weighted by molar-refractivity contribution is 0.0935. The van der Waals surface area contributed by atoms with Gasteiger partial charge in [0.15, 0.2) is 0 Å². The van der Waals surface area contributed by atoms with E-state index in [4.69, 9.17) is 4.74 Å². The SMILES string of the molecule is CC(C)Oc1cccc([C@H](C)NC(=O)c2ccc3c(=O)n(C)c(=O)n(C)c3n2)c1. The third-order valence-corrected chi connectivity index (χ3v) is 4.61. The molecule has 8 heteroatoms. The Kier molecular flexibility index (Phi) is 5.54. The Balaban J connectivity index is 1.88. The zero-order valence-corrected chi connectivity index (χ0v) is 17.1. The molecule has 0 bridgehead atoms. The van der Waals surface area contributed by atoms with Crippen LogP contribution in [0, 0.1) is 0 Å². The number of carbonyl (C=O) groups is 1. The van der Waals surface area contributed by atoms with Crippen LogP contribution in [0.15, 0.2) is 46.0 Å². The molecule has 0 fully saturated rings. The number of aryl methyl sites for hydroxylation is 1. The minimum Gasteiger partial charge on any atom is -0.491 e. The summed E-state index contributed by atoms with van der Waals surface area (Å²) in [6.07, 6.45) is 0.0521. The van der Waals surface area contributed by atoms with Gasteiger partial charge in [-0.15, -0.1) is 0 Å². The summed E-state index contributed by atoms with van der Waals surface area (Å²) in [5.74, 6) is 0.330. The maximum atomic E-state index is 12.7. The van der Waals surface area contributed by atoms with Crippen LogP contribution in [0.1, 0.15) is 42.9 Å². The van der Waals surface area contributed by atoms with E-state index in [1.165, 1.54) is 30.8 Å². The van der Waals surface area contributed by atoms with Crippen LogP contribution < -0.4 is 21.3 Å². The smallest absolute Gasteiger partial charge is 0.332 e. The van der Waals surface area contributed by atoms with Crippen molar-refractivity contribution in [2.45, 2.75) is 32.9 Å². The average Bonchev–Trinajstić information content (AvgIpc) is 2.69. The Hall–Kier alpha value is -3.42. The molecule has 3 aromatic rings. The van der Waals surface area contributed by atoms with Gasteiger partial charge >= 0.3 is 5.69 Å². The molecule has 2 aromatic heterocycles. The zero-order valence-electron chi connectivity index (χ0n) is 17.1. The number of hydrogen-bond donors (Lipinski definition) is 1. The molecule has 8 nitrogen and oxygen atoms in total. The van der Waals surface area contributed by atoms with Gasteiger partial charge in [-0.2, -0.15) is 0 Å². The first-order chi connectivity index (χ1) is 13.7. The zero-order chi connectivity index (χ0) is 21.3. The molecule has 1 aromatic carbocycles. The molecule has 3 rings (SSSR count). The summed E-state index contributed by atoms with van der Waals surface area (Å²) in [5, 5.41) is 3.17. The highest BCUT2D eigenvalue weighted by Gasteiger charge is 2.16. The van der Waals surface area contributed by atoms with Crippen molar-refractivity contribution < 1.29 is 9.53 Å². The van der Waals surface area contributed by atoms with Crippen molar-refractivity contribution in [2.75, 3.05) is 0 Å². The number of rotatable bonds is 5. The summed E-state index contributed by atoms with van der Waals surface area (Å²) in [7, 11) is 2.92. The van der Waals surface area contributed by atoms with Crippen molar-refractivity contribution in [3.05, 3.63) is 68.5 Å². The number of benzene rings is 1. The Morgan fingerprint density at radius 3 is 2.48 bits per heavy atom. The third kappa shape index (κ3) is 4.06. The molecule has 0 unspecified atom stereocenters. The molecule has 0 saturated heterocycles. The number of ether oxygens (including phenoxy) is 1. The van der Waals surface area contributed by atoms with E-state index >= 15 is 0 Å². The fraction of sp³-hybridized carbons (Fsp3) is 0.333. The second-order valence-electron chi connectivity index (χ2n) is 7.21. The van der Waals surface area contributed by atoms with Gasteiger partial charge in [0, 0.05) is 14.1 Å². The van der Waals surface area contributed by atoms with Crippen LogP contribution in [-0.2, 0) is 14.1 Å². The van der Waals surface area contributed by atoms with Gasteiger partial charge in [-0.1, -0.05) is 12.1 Å². The number of hydrogen-bond acceptors (Lipinski definition) is 5. The molecular formula is C21H24N4O4. The van der Waals surface area contributed by atoms with Gasteiger partial charge in [-0.05, 0) is 50.6 Å². The van der Waals surface area contributed by atoms with E-state index < -0.39 is 17.2 Å².